The second-order valence-corrected chi connectivity index (χ2v) is 6.29. The first-order valence-corrected chi connectivity index (χ1v) is 6.93. The molecule has 1 heterocycles. The largest absolute Gasteiger partial charge is 0.385 e. The highest BCUT2D eigenvalue weighted by Crippen LogP contribution is 2.15. The summed E-state index contributed by atoms with van der Waals surface area (Å²) in [5.74, 6) is 0.309. The van der Waals surface area contributed by atoms with Crippen LogP contribution in [0.15, 0.2) is 0 Å². The van der Waals surface area contributed by atoms with Gasteiger partial charge in [-0.15, -0.1) is 0 Å². The van der Waals surface area contributed by atoms with Gasteiger partial charge < -0.3 is 15.4 Å². The van der Waals surface area contributed by atoms with Crippen molar-refractivity contribution >= 4 is 9.84 Å². The number of sulfone groups is 1. The molecule has 0 spiro atoms. The van der Waals surface area contributed by atoms with Crippen LogP contribution in [0.3, 0.4) is 0 Å². The van der Waals surface area contributed by atoms with Crippen LogP contribution in [0.1, 0.15) is 6.42 Å². The molecule has 15 heavy (non-hydrogen) atoms. The van der Waals surface area contributed by atoms with E-state index in [9.17, 15) is 8.42 Å². The monoisotopic (exact) mass is 236 g/mol. The van der Waals surface area contributed by atoms with Crippen molar-refractivity contribution in [2.75, 3.05) is 38.8 Å². The van der Waals surface area contributed by atoms with Crippen molar-refractivity contribution in [1.82, 2.24) is 4.90 Å². The van der Waals surface area contributed by atoms with Gasteiger partial charge in [0.1, 0.15) is 0 Å². The van der Waals surface area contributed by atoms with E-state index in [1.807, 2.05) is 11.9 Å². The number of nitrogens with two attached hydrogens (primary N) is 1. The lowest BCUT2D eigenvalue weighted by Gasteiger charge is -2.26. The maximum Gasteiger partial charge on any atom is 0.153 e. The van der Waals surface area contributed by atoms with E-state index >= 15 is 0 Å². The fourth-order valence-corrected chi connectivity index (χ4v) is 3.90. The summed E-state index contributed by atoms with van der Waals surface area (Å²) in [5, 5.41) is 0. The van der Waals surface area contributed by atoms with Gasteiger partial charge in [-0.05, 0) is 13.5 Å². The van der Waals surface area contributed by atoms with Gasteiger partial charge in [-0.2, -0.15) is 0 Å². The predicted molar refractivity (Wildman–Crippen MR) is 59.5 cm³/mol. The van der Waals surface area contributed by atoms with E-state index in [0.29, 0.717) is 6.61 Å². The molecule has 2 unspecified atom stereocenters. The van der Waals surface area contributed by atoms with Crippen molar-refractivity contribution in [3.8, 4) is 0 Å². The Balaban J connectivity index is 2.43. The standard InChI is InChI=1S/C9H20N2O3S/c1-11(4-3-5-14-2)9-7-15(12,13)6-8(9)10/h8-9H,3-7,10H2,1-2H3. The summed E-state index contributed by atoms with van der Waals surface area (Å²) in [6.07, 6.45) is 0.899. The predicted octanol–water partition coefficient (Wildman–Crippen LogP) is -0.921. The van der Waals surface area contributed by atoms with Crippen molar-refractivity contribution in [2.24, 2.45) is 5.73 Å². The maximum absolute atomic E-state index is 11.4. The third kappa shape index (κ3) is 3.71. The number of likely N-dealkylation sites (N-methyl/N-ethyl adjacent to an activating group) is 1. The van der Waals surface area contributed by atoms with Crippen LogP contribution in [0.4, 0.5) is 0 Å². The van der Waals surface area contributed by atoms with Crippen molar-refractivity contribution in [3.63, 3.8) is 0 Å². The van der Waals surface area contributed by atoms with E-state index < -0.39 is 9.84 Å². The molecule has 2 atom stereocenters. The van der Waals surface area contributed by atoms with Gasteiger partial charge in [0.2, 0.25) is 0 Å². The van der Waals surface area contributed by atoms with Crippen LogP contribution in [0, 0.1) is 0 Å². The summed E-state index contributed by atoms with van der Waals surface area (Å²) in [5.41, 5.74) is 5.81. The Morgan fingerprint density at radius 2 is 2.13 bits per heavy atom. The van der Waals surface area contributed by atoms with Gasteiger partial charge in [-0.25, -0.2) is 8.42 Å². The molecular formula is C9H20N2O3S. The first-order chi connectivity index (χ1) is 6.96. The first kappa shape index (κ1) is 12.9. The lowest BCUT2D eigenvalue weighted by atomic mass is 10.1. The highest BCUT2D eigenvalue weighted by Gasteiger charge is 2.37. The zero-order valence-corrected chi connectivity index (χ0v) is 10.2. The van der Waals surface area contributed by atoms with Crippen LogP contribution < -0.4 is 5.73 Å². The molecule has 90 valence electrons. The van der Waals surface area contributed by atoms with Crippen LogP contribution in [0.25, 0.3) is 0 Å². The van der Waals surface area contributed by atoms with E-state index in [1.54, 1.807) is 7.11 Å². The minimum absolute atomic E-state index is 0.0353. The molecule has 6 heteroatoms. The van der Waals surface area contributed by atoms with Crippen LogP contribution >= 0.6 is 0 Å². The molecule has 1 saturated heterocycles. The molecule has 5 nitrogen and oxygen atoms in total. The quantitative estimate of drug-likeness (QED) is 0.625. The average molecular weight is 236 g/mol. The Kier molecular flexibility index (Phi) is 4.51. The summed E-state index contributed by atoms with van der Waals surface area (Å²) < 4.78 is 27.7. The SMILES string of the molecule is COCCCN(C)C1CS(=O)(=O)CC1N. The molecule has 0 aliphatic carbocycles. The minimum atomic E-state index is -2.92. The Bertz CT molecular complexity index is 292. The van der Waals surface area contributed by atoms with Gasteiger partial charge in [0.25, 0.3) is 0 Å². The number of hydrogen-bond acceptors (Lipinski definition) is 5. The molecule has 0 aromatic rings. The summed E-state index contributed by atoms with van der Waals surface area (Å²) in [4.78, 5) is 2.02. The molecule has 0 bridgehead atoms. The molecular weight excluding hydrogens is 216 g/mol. The second-order valence-electron chi connectivity index (χ2n) is 4.14. The van der Waals surface area contributed by atoms with Crippen molar-refractivity contribution < 1.29 is 13.2 Å². The number of nitrogens with zero attached hydrogens (tertiary/aromatic N) is 1. The van der Waals surface area contributed by atoms with Crippen LogP contribution in [0.5, 0.6) is 0 Å². The summed E-state index contributed by atoms with van der Waals surface area (Å²) >= 11 is 0. The van der Waals surface area contributed by atoms with E-state index in [-0.39, 0.29) is 23.6 Å². The van der Waals surface area contributed by atoms with E-state index in [2.05, 4.69) is 0 Å². The highest BCUT2D eigenvalue weighted by atomic mass is 32.2. The number of methoxy groups -OCH3 is 1. The van der Waals surface area contributed by atoms with Crippen molar-refractivity contribution in [3.05, 3.63) is 0 Å². The summed E-state index contributed by atoms with van der Waals surface area (Å²) in [7, 11) is 0.658. The molecule has 1 fully saturated rings. The fraction of sp³-hybridized carbons (Fsp3) is 1.00. The first-order valence-electron chi connectivity index (χ1n) is 5.11. The van der Waals surface area contributed by atoms with Crippen molar-refractivity contribution in [2.45, 2.75) is 18.5 Å². The number of rotatable bonds is 5. The summed E-state index contributed by atoms with van der Waals surface area (Å²) in [6.45, 7) is 1.51. The van der Waals surface area contributed by atoms with Crippen LogP contribution in [0.2, 0.25) is 0 Å². The third-order valence-corrected chi connectivity index (χ3v) is 4.53. The molecule has 2 N–H and O–H groups in total. The Morgan fingerprint density at radius 1 is 1.47 bits per heavy atom. The smallest absolute Gasteiger partial charge is 0.153 e. The molecule has 1 aliphatic rings. The topological polar surface area (TPSA) is 72.6 Å². The van der Waals surface area contributed by atoms with Crippen LogP contribution in [-0.2, 0) is 14.6 Å². The van der Waals surface area contributed by atoms with Gasteiger partial charge in [0, 0.05) is 32.3 Å². The number of ether oxygens (including phenoxy) is 1. The maximum atomic E-state index is 11.4. The Labute approximate surface area is 91.5 Å². The van der Waals surface area contributed by atoms with E-state index in [1.165, 1.54) is 0 Å². The third-order valence-electron chi connectivity index (χ3n) is 2.79. The van der Waals surface area contributed by atoms with Gasteiger partial charge in [0.05, 0.1) is 11.5 Å². The molecule has 0 saturated carbocycles. The van der Waals surface area contributed by atoms with Crippen LogP contribution in [-0.4, -0.2) is 64.2 Å². The lowest BCUT2D eigenvalue weighted by molar-refractivity contribution is 0.166. The zero-order chi connectivity index (χ0) is 11.5. The molecule has 0 aromatic carbocycles. The molecule has 0 amide bonds. The van der Waals surface area contributed by atoms with Gasteiger partial charge in [-0.3, -0.25) is 0 Å². The molecule has 1 rings (SSSR count). The fourth-order valence-electron chi connectivity index (χ4n) is 1.93. The van der Waals surface area contributed by atoms with Crippen molar-refractivity contribution in [1.29, 1.82) is 0 Å². The Hall–Kier alpha value is -0.170. The number of hydrogen-bond donors (Lipinski definition) is 1. The van der Waals surface area contributed by atoms with E-state index in [0.717, 1.165) is 13.0 Å². The van der Waals surface area contributed by atoms with E-state index in [4.69, 9.17) is 10.5 Å². The minimum Gasteiger partial charge on any atom is -0.385 e. The zero-order valence-electron chi connectivity index (χ0n) is 9.35. The second kappa shape index (κ2) is 5.25. The molecule has 0 radical (unpaired) electrons. The normalized spacial score (nSPS) is 29.9. The molecule has 1 aliphatic heterocycles. The lowest BCUT2D eigenvalue weighted by Crippen LogP contribution is -2.45. The van der Waals surface area contributed by atoms with Gasteiger partial charge in [-0.1, -0.05) is 0 Å². The Morgan fingerprint density at radius 3 is 2.60 bits per heavy atom. The average Bonchev–Trinajstić information content (AvgIpc) is 2.40. The highest BCUT2D eigenvalue weighted by molar-refractivity contribution is 7.91. The van der Waals surface area contributed by atoms with Gasteiger partial charge >= 0.3 is 0 Å². The summed E-state index contributed by atoms with van der Waals surface area (Å²) in [6, 6.07) is -0.283. The molecule has 0 aromatic heterocycles. The van der Waals surface area contributed by atoms with Gasteiger partial charge in [0.15, 0.2) is 9.84 Å².